The molecule has 0 radical (unpaired) electrons. The summed E-state index contributed by atoms with van der Waals surface area (Å²) >= 11 is 1.57. The maximum atomic E-state index is 14.0. The first-order valence-electron chi connectivity index (χ1n) is 8.25. The molecule has 1 atom stereocenters. The van der Waals surface area contributed by atoms with Crippen molar-refractivity contribution in [3.8, 4) is 11.5 Å². The fourth-order valence-electron chi connectivity index (χ4n) is 3.22. The zero-order valence-corrected chi connectivity index (χ0v) is 14.3. The lowest BCUT2D eigenvalue weighted by molar-refractivity contribution is 0.116. The predicted octanol–water partition coefficient (Wildman–Crippen LogP) is 4.80. The Kier molecular flexibility index (Phi) is 4.59. The number of halogens is 2. The molecule has 4 nitrogen and oxygen atoms in total. The second kappa shape index (κ2) is 7.01. The van der Waals surface area contributed by atoms with E-state index in [-0.39, 0.29) is 6.04 Å². The minimum atomic E-state index is -0.816. The van der Waals surface area contributed by atoms with E-state index in [9.17, 15) is 8.78 Å². The maximum absolute atomic E-state index is 14.0. The third-order valence-electron chi connectivity index (χ3n) is 4.51. The maximum Gasteiger partial charge on any atom is 0.248 e. The van der Waals surface area contributed by atoms with Crippen LogP contribution >= 0.6 is 11.3 Å². The first-order chi connectivity index (χ1) is 12.2. The zero-order chi connectivity index (χ0) is 17.2. The van der Waals surface area contributed by atoms with E-state index in [0.717, 1.165) is 37.4 Å². The molecule has 1 aliphatic rings. The number of aromatic nitrogens is 2. The molecule has 1 aliphatic heterocycles. The monoisotopic (exact) mass is 361 g/mol. The van der Waals surface area contributed by atoms with Crippen molar-refractivity contribution in [2.24, 2.45) is 0 Å². The molecular formula is C18H17F2N3OS. The summed E-state index contributed by atoms with van der Waals surface area (Å²) in [6.07, 6.45) is 2.92. The first-order valence-corrected chi connectivity index (χ1v) is 9.19. The molecule has 0 aliphatic carbocycles. The van der Waals surface area contributed by atoms with Crippen molar-refractivity contribution in [2.45, 2.75) is 31.8 Å². The van der Waals surface area contributed by atoms with Gasteiger partial charge in [-0.15, -0.1) is 10.2 Å². The SMILES string of the molecule is Fc1cccc(CN2CCCC[C@@H]2c2nnc(-c3ccsc3)o2)c1F. The van der Waals surface area contributed by atoms with Gasteiger partial charge in [-0.25, -0.2) is 8.78 Å². The van der Waals surface area contributed by atoms with E-state index >= 15 is 0 Å². The minimum absolute atomic E-state index is 0.0729. The van der Waals surface area contributed by atoms with E-state index < -0.39 is 11.6 Å². The number of likely N-dealkylation sites (tertiary alicyclic amines) is 1. The molecule has 1 fully saturated rings. The number of hydrogen-bond acceptors (Lipinski definition) is 5. The van der Waals surface area contributed by atoms with E-state index in [2.05, 4.69) is 15.1 Å². The molecule has 7 heteroatoms. The highest BCUT2D eigenvalue weighted by Crippen LogP contribution is 2.33. The molecule has 4 rings (SSSR count). The van der Waals surface area contributed by atoms with E-state index in [0.29, 0.717) is 23.9 Å². The molecule has 1 aromatic carbocycles. The summed E-state index contributed by atoms with van der Waals surface area (Å²) in [7, 11) is 0. The number of hydrogen-bond donors (Lipinski definition) is 0. The van der Waals surface area contributed by atoms with Gasteiger partial charge >= 0.3 is 0 Å². The molecule has 0 unspecified atom stereocenters. The molecule has 0 bridgehead atoms. The van der Waals surface area contributed by atoms with Gasteiger partial charge in [0.05, 0.1) is 6.04 Å². The lowest BCUT2D eigenvalue weighted by Gasteiger charge is -2.33. The van der Waals surface area contributed by atoms with Crippen molar-refractivity contribution in [2.75, 3.05) is 6.54 Å². The number of nitrogens with zero attached hydrogens (tertiary/aromatic N) is 3. The Morgan fingerprint density at radius 1 is 1.20 bits per heavy atom. The number of rotatable bonds is 4. The topological polar surface area (TPSA) is 42.2 Å². The predicted molar refractivity (Wildman–Crippen MR) is 91.0 cm³/mol. The molecule has 0 saturated carbocycles. The van der Waals surface area contributed by atoms with Crippen LogP contribution in [0.2, 0.25) is 0 Å². The quantitative estimate of drug-likeness (QED) is 0.669. The summed E-state index contributed by atoms with van der Waals surface area (Å²) in [5.74, 6) is -0.559. The molecule has 0 spiro atoms. The van der Waals surface area contributed by atoms with E-state index in [1.807, 2.05) is 16.8 Å². The van der Waals surface area contributed by atoms with Gasteiger partial charge < -0.3 is 4.42 Å². The first kappa shape index (κ1) is 16.4. The average Bonchev–Trinajstić information content (AvgIpc) is 3.30. The Morgan fingerprint density at radius 3 is 2.96 bits per heavy atom. The van der Waals surface area contributed by atoms with Gasteiger partial charge in [0, 0.05) is 23.1 Å². The van der Waals surface area contributed by atoms with Gasteiger partial charge in [0.1, 0.15) is 0 Å². The van der Waals surface area contributed by atoms with Crippen LogP contribution in [-0.2, 0) is 6.54 Å². The molecule has 3 heterocycles. The summed E-state index contributed by atoms with van der Waals surface area (Å²) in [4.78, 5) is 2.09. The standard InChI is InChI=1S/C18H17F2N3OS/c19-14-5-3-4-12(16(14)20)10-23-8-2-1-6-15(23)18-22-21-17(24-18)13-7-9-25-11-13/h3-5,7,9,11,15H,1-2,6,8,10H2/t15-/m1/s1. The van der Waals surface area contributed by atoms with Gasteiger partial charge in [0.2, 0.25) is 11.8 Å². The number of benzene rings is 1. The normalized spacial score (nSPS) is 18.6. The van der Waals surface area contributed by atoms with Crippen LogP contribution in [0.4, 0.5) is 8.78 Å². The molecule has 25 heavy (non-hydrogen) atoms. The van der Waals surface area contributed by atoms with Crippen molar-refractivity contribution < 1.29 is 13.2 Å². The van der Waals surface area contributed by atoms with Crippen molar-refractivity contribution in [1.29, 1.82) is 0 Å². The summed E-state index contributed by atoms with van der Waals surface area (Å²) in [5.41, 5.74) is 1.26. The number of thiophene rings is 1. The molecule has 1 saturated heterocycles. The van der Waals surface area contributed by atoms with Gasteiger partial charge in [-0.05, 0) is 36.9 Å². The van der Waals surface area contributed by atoms with Gasteiger partial charge in [-0.3, -0.25) is 4.90 Å². The summed E-state index contributed by atoms with van der Waals surface area (Å²) < 4.78 is 33.4. The molecule has 0 N–H and O–H groups in total. The van der Waals surface area contributed by atoms with Gasteiger partial charge in [0.15, 0.2) is 11.6 Å². The third kappa shape index (κ3) is 3.34. The summed E-state index contributed by atoms with van der Waals surface area (Å²) in [6.45, 7) is 1.11. The van der Waals surface area contributed by atoms with Crippen LogP contribution < -0.4 is 0 Å². The summed E-state index contributed by atoms with van der Waals surface area (Å²) in [5, 5.41) is 12.3. The lowest BCUT2D eigenvalue weighted by Crippen LogP contribution is -2.33. The average molecular weight is 361 g/mol. The van der Waals surface area contributed by atoms with E-state index in [1.165, 1.54) is 6.07 Å². The highest BCUT2D eigenvalue weighted by Gasteiger charge is 2.29. The Balaban J connectivity index is 1.58. The van der Waals surface area contributed by atoms with Gasteiger partial charge in [-0.1, -0.05) is 18.6 Å². The second-order valence-corrected chi connectivity index (χ2v) is 6.93. The molecular weight excluding hydrogens is 344 g/mol. The Hall–Kier alpha value is -2.12. The molecule has 2 aromatic heterocycles. The Morgan fingerprint density at radius 2 is 2.12 bits per heavy atom. The van der Waals surface area contributed by atoms with Crippen LogP contribution in [0.25, 0.3) is 11.5 Å². The largest absolute Gasteiger partial charge is 0.419 e. The van der Waals surface area contributed by atoms with Crippen LogP contribution in [0.5, 0.6) is 0 Å². The fourth-order valence-corrected chi connectivity index (χ4v) is 3.85. The summed E-state index contributed by atoms with van der Waals surface area (Å²) in [6, 6.07) is 6.15. The Labute approximate surface area is 148 Å². The van der Waals surface area contributed by atoms with Crippen LogP contribution in [0.1, 0.15) is 36.8 Å². The second-order valence-electron chi connectivity index (χ2n) is 6.15. The zero-order valence-electron chi connectivity index (χ0n) is 13.5. The minimum Gasteiger partial charge on any atom is -0.419 e. The molecule has 0 amide bonds. The van der Waals surface area contributed by atoms with Gasteiger partial charge in [0.25, 0.3) is 0 Å². The molecule has 3 aromatic rings. The van der Waals surface area contributed by atoms with E-state index in [4.69, 9.17) is 4.42 Å². The van der Waals surface area contributed by atoms with Gasteiger partial charge in [-0.2, -0.15) is 11.3 Å². The fraction of sp³-hybridized carbons (Fsp3) is 0.333. The van der Waals surface area contributed by atoms with Crippen molar-refractivity contribution in [3.05, 3.63) is 58.1 Å². The van der Waals surface area contributed by atoms with Crippen LogP contribution in [0.3, 0.4) is 0 Å². The van der Waals surface area contributed by atoms with E-state index in [1.54, 1.807) is 17.4 Å². The van der Waals surface area contributed by atoms with Crippen LogP contribution in [0, 0.1) is 11.6 Å². The highest BCUT2D eigenvalue weighted by atomic mass is 32.1. The third-order valence-corrected chi connectivity index (χ3v) is 5.20. The van der Waals surface area contributed by atoms with Crippen LogP contribution in [0.15, 0.2) is 39.4 Å². The molecule has 130 valence electrons. The number of piperidine rings is 1. The Bertz CT molecular complexity index is 850. The lowest BCUT2D eigenvalue weighted by atomic mass is 10.0. The van der Waals surface area contributed by atoms with Crippen LogP contribution in [-0.4, -0.2) is 21.6 Å². The van der Waals surface area contributed by atoms with Crippen molar-refractivity contribution in [1.82, 2.24) is 15.1 Å². The smallest absolute Gasteiger partial charge is 0.248 e. The highest BCUT2D eigenvalue weighted by molar-refractivity contribution is 7.08. The van der Waals surface area contributed by atoms with Crippen molar-refractivity contribution in [3.63, 3.8) is 0 Å². The van der Waals surface area contributed by atoms with Crippen molar-refractivity contribution >= 4 is 11.3 Å².